The van der Waals surface area contributed by atoms with E-state index in [0.29, 0.717) is 19.4 Å². The molecule has 5 nitrogen and oxygen atoms in total. The number of carbonyl (C=O) groups is 2. The van der Waals surface area contributed by atoms with Crippen LogP contribution in [0.3, 0.4) is 0 Å². The van der Waals surface area contributed by atoms with Crippen LogP contribution in [0.15, 0.2) is 48.5 Å². The molecule has 0 spiro atoms. The molecule has 0 aliphatic rings. The molecule has 1 atom stereocenters. The van der Waals surface area contributed by atoms with Crippen LogP contribution < -0.4 is 10.1 Å². The van der Waals surface area contributed by atoms with Crippen molar-refractivity contribution in [2.45, 2.75) is 39.3 Å². The van der Waals surface area contributed by atoms with Crippen LogP contribution in [-0.2, 0) is 22.6 Å². The number of nitrogens with zero attached hydrogens (tertiary/aromatic N) is 1. The molecule has 0 radical (unpaired) electrons. The predicted molar refractivity (Wildman–Crippen MR) is 107 cm³/mol. The highest BCUT2D eigenvalue weighted by Crippen LogP contribution is 2.16. The van der Waals surface area contributed by atoms with Crippen LogP contribution in [0.2, 0.25) is 0 Å². The first-order valence-electron chi connectivity index (χ1n) is 9.14. The second kappa shape index (κ2) is 9.76. The zero-order valence-electron chi connectivity index (χ0n) is 16.5. The Morgan fingerprint density at radius 1 is 1.04 bits per heavy atom. The summed E-state index contributed by atoms with van der Waals surface area (Å²) in [6.07, 6.45) is 1.01. The summed E-state index contributed by atoms with van der Waals surface area (Å²) in [5.74, 6) is 0.546. The molecule has 5 heteroatoms. The minimum absolute atomic E-state index is 0.0394. The van der Waals surface area contributed by atoms with E-state index in [1.807, 2.05) is 55.5 Å². The Balaban J connectivity index is 2.10. The molecule has 0 aromatic heterocycles. The van der Waals surface area contributed by atoms with Gasteiger partial charge in [0.25, 0.3) is 0 Å². The Hall–Kier alpha value is -2.82. The number of carbonyl (C=O) groups excluding carboxylic acids is 2. The van der Waals surface area contributed by atoms with E-state index in [1.54, 1.807) is 26.0 Å². The van der Waals surface area contributed by atoms with Gasteiger partial charge in [-0.2, -0.15) is 0 Å². The van der Waals surface area contributed by atoms with Crippen molar-refractivity contribution in [3.63, 3.8) is 0 Å². The van der Waals surface area contributed by atoms with Crippen molar-refractivity contribution in [3.05, 3.63) is 65.2 Å². The van der Waals surface area contributed by atoms with Gasteiger partial charge in [0.1, 0.15) is 11.8 Å². The fraction of sp³-hybridized carbons (Fsp3) is 0.364. The van der Waals surface area contributed by atoms with Gasteiger partial charge in [-0.25, -0.2) is 0 Å². The average molecular weight is 368 g/mol. The van der Waals surface area contributed by atoms with Crippen LogP contribution in [0.4, 0.5) is 0 Å². The van der Waals surface area contributed by atoms with Gasteiger partial charge in [0.05, 0.1) is 7.11 Å². The highest BCUT2D eigenvalue weighted by Gasteiger charge is 2.25. The van der Waals surface area contributed by atoms with Crippen molar-refractivity contribution in [2.24, 2.45) is 0 Å². The van der Waals surface area contributed by atoms with E-state index in [2.05, 4.69) is 5.32 Å². The molecule has 2 aromatic carbocycles. The van der Waals surface area contributed by atoms with E-state index < -0.39 is 6.04 Å². The van der Waals surface area contributed by atoms with Gasteiger partial charge in [-0.05, 0) is 43.5 Å². The van der Waals surface area contributed by atoms with E-state index in [9.17, 15) is 9.59 Å². The number of hydrogen-bond donors (Lipinski definition) is 1. The SMILES string of the molecule is CNC(=O)C(C)N(Cc1ccc(OC)cc1)C(=O)CCc1ccc(C)cc1. The molecule has 1 N–H and O–H groups in total. The van der Waals surface area contributed by atoms with E-state index in [4.69, 9.17) is 4.74 Å². The second-order valence-corrected chi connectivity index (χ2v) is 6.65. The maximum Gasteiger partial charge on any atom is 0.242 e. The maximum absolute atomic E-state index is 12.9. The Morgan fingerprint density at radius 2 is 1.63 bits per heavy atom. The molecular weight excluding hydrogens is 340 g/mol. The molecule has 0 fully saturated rings. The standard InChI is InChI=1S/C22H28N2O3/c1-16-5-7-18(8-6-16)11-14-21(25)24(17(2)22(26)23-3)15-19-9-12-20(27-4)13-10-19/h5-10,12-13,17H,11,14-15H2,1-4H3,(H,23,26). The van der Waals surface area contributed by atoms with E-state index in [0.717, 1.165) is 16.9 Å². The number of rotatable bonds is 8. The van der Waals surface area contributed by atoms with Crippen LogP contribution in [0.25, 0.3) is 0 Å². The van der Waals surface area contributed by atoms with Gasteiger partial charge in [-0.3, -0.25) is 9.59 Å². The van der Waals surface area contributed by atoms with Crippen molar-refractivity contribution in [2.75, 3.05) is 14.2 Å². The van der Waals surface area contributed by atoms with Gasteiger partial charge in [0, 0.05) is 20.0 Å². The Kier molecular flexibility index (Phi) is 7.41. The molecule has 2 amide bonds. The molecule has 0 saturated heterocycles. The number of nitrogens with one attached hydrogen (secondary N) is 1. The monoisotopic (exact) mass is 368 g/mol. The third-order valence-corrected chi connectivity index (χ3v) is 4.67. The largest absolute Gasteiger partial charge is 0.497 e. The number of aryl methyl sites for hydroxylation is 2. The Bertz CT molecular complexity index is 754. The topological polar surface area (TPSA) is 58.6 Å². The van der Waals surface area contributed by atoms with Crippen LogP contribution in [-0.4, -0.2) is 36.9 Å². The summed E-state index contributed by atoms with van der Waals surface area (Å²) < 4.78 is 5.18. The van der Waals surface area contributed by atoms with Gasteiger partial charge in [0.15, 0.2) is 0 Å². The van der Waals surface area contributed by atoms with Crippen LogP contribution in [0.1, 0.15) is 30.0 Å². The maximum atomic E-state index is 12.9. The molecule has 27 heavy (non-hydrogen) atoms. The zero-order chi connectivity index (χ0) is 19.8. The summed E-state index contributed by atoms with van der Waals surface area (Å²) in [5.41, 5.74) is 3.26. The van der Waals surface area contributed by atoms with Gasteiger partial charge >= 0.3 is 0 Å². The highest BCUT2D eigenvalue weighted by molar-refractivity contribution is 5.87. The number of methoxy groups -OCH3 is 1. The second-order valence-electron chi connectivity index (χ2n) is 6.65. The van der Waals surface area contributed by atoms with Gasteiger partial charge in [-0.1, -0.05) is 42.0 Å². The normalized spacial score (nSPS) is 11.6. The fourth-order valence-corrected chi connectivity index (χ4v) is 2.87. The van der Waals surface area contributed by atoms with Crippen LogP contribution in [0, 0.1) is 6.92 Å². The first-order valence-corrected chi connectivity index (χ1v) is 9.14. The summed E-state index contributed by atoms with van der Waals surface area (Å²) in [4.78, 5) is 26.7. The van der Waals surface area contributed by atoms with Gasteiger partial charge < -0.3 is 15.0 Å². The lowest BCUT2D eigenvalue weighted by Crippen LogP contribution is -2.46. The number of amides is 2. The van der Waals surface area contributed by atoms with Crippen molar-refractivity contribution >= 4 is 11.8 Å². The molecule has 144 valence electrons. The zero-order valence-corrected chi connectivity index (χ0v) is 16.5. The Morgan fingerprint density at radius 3 is 2.19 bits per heavy atom. The molecule has 2 rings (SSSR count). The van der Waals surface area contributed by atoms with Crippen molar-refractivity contribution in [3.8, 4) is 5.75 Å². The van der Waals surface area contributed by atoms with Crippen molar-refractivity contribution in [1.82, 2.24) is 10.2 Å². The van der Waals surface area contributed by atoms with Gasteiger partial charge in [-0.15, -0.1) is 0 Å². The van der Waals surface area contributed by atoms with Gasteiger partial charge in [0.2, 0.25) is 11.8 Å². The predicted octanol–water partition coefficient (Wildman–Crippen LogP) is 3.10. The smallest absolute Gasteiger partial charge is 0.242 e. The first-order chi connectivity index (χ1) is 12.9. The molecular formula is C22H28N2O3. The molecule has 0 aliphatic heterocycles. The van der Waals surface area contributed by atoms with Crippen LogP contribution in [0.5, 0.6) is 5.75 Å². The molecule has 0 saturated carbocycles. The van der Waals surface area contributed by atoms with E-state index in [1.165, 1.54) is 5.56 Å². The van der Waals surface area contributed by atoms with E-state index >= 15 is 0 Å². The average Bonchev–Trinajstić information content (AvgIpc) is 2.70. The lowest BCUT2D eigenvalue weighted by molar-refractivity contribution is -0.140. The lowest BCUT2D eigenvalue weighted by Gasteiger charge is -2.28. The fourth-order valence-electron chi connectivity index (χ4n) is 2.87. The molecule has 2 aromatic rings. The van der Waals surface area contributed by atoms with Crippen molar-refractivity contribution < 1.29 is 14.3 Å². The quantitative estimate of drug-likeness (QED) is 0.779. The molecule has 0 bridgehead atoms. The third-order valence-electron chi connectivity index (χ3n) is 4.67. The molecule has 1 unspecified atom stereocenters. The number of benzene rings is 2. The number of ether oxygens (including phenoxy) is 1. The Labute approximate surface area is 161 Å². The summed E-state index contributed by atoms with van der Waals surface area (Å²) in [6.45, 7) is 4.17. The lowest BCUT2D eigenvalue weighted by atomic mass is 10.1. The van der Waals surface area contributed by atoms with Crippen LogP contribution >= 0.6 is 0 Å². The minimum atomic E-state index is -0.539. The number of likely N-dealkylation sites (N-methyl/N-ethyl adjacent to an activating group) is 1. The van der Waals surface area contributed by atoms with E-state index in [-0.39, 0.29) is 11.8 Å². The summed E-state index contributed by atoms with van der Waals surface area (Å²) in [7, 11) is 3.20. The third kappa shape index (κ3) is 5.84. The number of hydrogen-bond acceptors (Lipinski definition) is 3. The molecule has 0 heterocycles. The molecule has 0 aliphatic carbocycles. The minimum Gasteiger partial charge on any atom is -0.497 e. The first kappa shape index (κ1) is 20.5. The van der Waals surface area contributed by atoms with Crippen molar-refractivity contribution in [1.29, 1.82) is 0 Å². The highest BCUT2D eigenvalue weighted by atomic mass is 16.5. The summed E-state index contributed by atoms with van der Waals surface area (Å²) in [6, 6.07) is 15.2. The summed E-state index contributed by atoms with van der Waals surface area (Å²) in [5, 5.41) is 2.63. The summed E-state index contributed by atoms with van der Waals surface area (Å²) >= 11 is 0.